The molecule has 1 aliphatic rings. The topological polar surface area (TPSA) is 67.6 Å². The van der Waals surface area contributed by atoms with Gasteiger partial charge in [0.05, 0.1) is 23.4 Å². The molecule has 1 fully saturated rings. The lowest BCUT2D eigenvalue weighted by molar-refractivity contribution is -0.137. The molecular formula is C28H24ClF4N3O2. The highest BCUT2D eigenvalue weighted by Crippen LogP contribution is 2.36. The maximum absolute atomic E-state index is 14.3. The molecule has 10 heteroatoms. The maximum atomic E-state index is 14.3. The average molecular weight is 546 g/mol. The number of hydrogen-bond donors (Lipinski definition) is 1. The van der Waals surface area contributed by atoms with Crippen molar-refractivity contribution in [2.24, 2.45) is 4.99 Å². The molecule has 0 radical (unpaired) electrons. The first-order chi connectivity index (χ1) is 18.1. The summed E-state index contributed by atoms with van der Waals surface area (Å²) in [5.74, 6) is -0.505. The molecule has 0 spiro atoms. The van der Waals surface area contributed by atoms with Crippen LogP contribution in [0.2, 0.25) is 5.02 Å². The molecule has 0 unspecified atom stereocenters. The van der Waals surface area contributed by atoms with E-state index >= 15 is 0 Å². The third-order valence-electron chi connectivity index (χ3n) is 5.88. The van der Waals surface area contributed by atoms with Crippen molar-refractivity contribution in [3.63, 3.8) is 0 Å². The van der Waals surface area contributed by atoms with Gasteiger partial charge in [0.25, 0.3) is 0 Å². The second kappa shape index (κ2) is 11.9. The van der Waals surface area contributed by atoms with Gasteiger partial charge in [-0.3, -0.25) is 4.99 Å². The Bertz CT molecular complexity index is 1390. The van der Waals surface area contributed by atoms with Crippen LogP contribution in [0.5, 0.6) is 5.75 Å². The van der Waals surface area contributed by atoms with Gasteiger partial charge < -0.3 is 9.84 Å². The number of aromatic hydroxyl groups is 1. The zero-order valence-electron chi connectivity index (χ0n) is 20.2. The van der Waals surface area contributed by atoms with Crippen LogP contribution >= 0.6 is 11.6 Å². The van der Waals surface area contributed by atoms with E-state index in [1.807, 2.05) is 0 Å². The van der Waals surface area contributed by atoms with Crippen LogP contribution < -0.4 is 0 Å². The van der Waals surface area contributed by atoms with E-state index in [0.29, 0.717) is 36.7 Å². The number of phenols is 1. The minimum absolute atomic E-state index is 0.0459. The predicted octanol–water partition coefficient (Wildman–Crippen LogP) is 7.42. The second-order valence-corrected chi connectivity index (χ2v) is 9.17. The molecule has 38 heavy (non-hydrogen) atoms. The molecule has 3 aromatic rings. The van der Waals surface area contributed by atoms with Gasteiger partial charge in [-0.2, -0.15) is 13.2 Å². The van der Waals surface area contributed by atoms with Gasteiger partial charge in [-0.15, -0.1) is 0 Å². The number of halogens is 5. The van der Waals surface area contributed by atoms with Crippen molar-refractivity contribution >= 4 is 23.9 Å². The van der Waals surface area contributed by atoms with E-state index in [1.165, 1.54) is 30.5 Å². The van der Waals surface area contributed by atoms with Gasteiger partial charge in [0, 0.05) is 30.5 Å². The molecule has 0 saturated carbocycles. The van der Waals surface area contributed by atoms with E-state index in [2.05, 4.69) is 21.5 Å². The van der Waals surface area contributed by atoms with E-state index in [4.69, 9.17) is 16.3 Å². The highest BCUT2D eigenvalue weighted by molar-refractivity contribution is 6.32. The van der Waals surface area contributed by atoms with Gasteiger partial charge >= 0.3 is 6.18 Å². The quantitative estimate of drug-likeness (QED) is 0.258. The summed E-state index contributed by atoms with van der Waals surface area (Å²) in [6.07, 6.45) is 2.12. The van der Waals surface area contributed by atoms with E-state index in [1.54, 1.807) is 6.08 Å². The summed E-state index contributed by atoms with van der Waals surface area (Å²) in [4.78, 5) is 12.6. The van der Waals surface area contributed by atoms with Gasteiger partial charge in [0.2, 0.25) is 0 Å². The van der Waals surface area contributed by atoms with Gasteiger partial charge in [0.15, 0.2) is 5.82 Å². The zero-order valence-corrected chi connectivity index (χ0v) is 21.0. The van der Waals surface area contributed by atoms with Crippen molar-refractivity contribution in [2.45, 2.75) is 31.9 Å². The molecule has 1 aromatic heterocycles. The van der Waals surface area contributed by atoms with Crippen molar-refractivity contribution in [1.29, 1.82) is 0 Å². The summed E-state index contributed by atoms with van der Waals surface area (Å²) in [5, 5.41) is 10.3. The van der Waals surface area contributed by atoms with E-state index in [9.17, 15) is 22.7 Å². The number of aliphatic imine (C=N–C) groups is 1. The lowest BCUT2D eigenvalue weighted by Gasteiger charge is -2.11. The lowest BCUT2D eigenvalue weighted by Crippen LogP contribution is -2.04. The third kappa shape index (κ3) is 7.05. The van der Waals surface area contributed by atoms with Crippen LogP contribution in [0.15, 0.2) is 65.4 Å². The van der Waals surface area contributed by atoms with Crippen LogP contribution in [0, 0.1) is 5.82 Å². The van der Waals surface area contributed by atoms with Crippen molar-refractivity contribution in [1.82, 2.24) is 9.97 Å². The number of benzene rings is 2. The summed E-state index contributed by atoms with van der Waals surface area (Å²) in [5.41, 5.74) is 1.58. The molecule has 4 rings (SSSR count). The number of allylic oxidation sites excluding steroid dienone is 1. The lowest BCUT2D eigenvalue weighted by atomic mass is 10.0. The van der Waals surface area contributed by atoms with E-state index in [-0.39, 0.29) is 34.0 Å². The summed E-state index contributed by atoms with van der Waals surface area (Å²) < 4.78 is 59.2. The molecule has 0 bridgehead atoms. The molecule has 1 N–H and O–H groups in total. The van der Waals surface area contributed by atoms with E-state index in [0.717, 1.165) is 36.7 Å². The minimum atomic E-state index is -4.50. The Kier molecular flexibility index (Phi) is 8.58. The van der Waals surface area contributed by atoms with Gasteiger partial charge in [-0.05, 0) is 60.7 Å². The molecule has 1 saturated heterocycles. The highest BCUT2D eigenvalue weighted by Gasteiger charge is 2.30. The number of hydrogen-bond acceptors (Lipinski definition) is 5. The van der Waals surface area contributed by atoms with Crippen LogP contribution in [0.3, 0.4) is 0 Å². The molecule has 2 heterocycles. The first-order valence-electron chi connectivity index (χ1n) is 11.8. The highest BCUT2D eigenvalue weighted by atomic mass is 35.5. The Balaban J connectivity index is 1.53. The third-order valence-corrected chi connectivity index (χ3v) is 6.17. The number of ether oxygens (including phenoxy) is 1. The Morgan fingerprint density at radius 3 is 2.76 bits per heavy atom. The van der Waals surface area contributed by atoms with Crippen molar-refractivity contribution < 1.29 is 27.4 Å². The molecule has 1 aliphatic heterocycles. The van der Waals surface area contributed by atoms with Crippen LogP contribution in [-0.4, -0.2) is 34.5 Å². The Hall–Kier alpha value is -3.56. The molecular weight excluding hydrogens is 522 g/mol. The maximum Gasteiger partial charge on any atom is 0.416 e. The molecule has 0 atom stereocenters. The number of nitrogens with zero attached hydrogens (tertiary/aromatic N) is 3. The van der Waals surface area contributed by atoms with Crippen LogP contribution in [0.4, 0.5) is 17.6 Å². The van der Waals surface area contributed by atoms with Gasteiger partial charge in [-0.1, -0.05) is 35.9 Å². The Labute approximate surface area is 222 Å². The number of rotatable bonds is 6. The number of phenolic OH excluding ortho intramolecular Hbond substituents is 1. The van der Waals surface area contributed by atoms with Crippen molar-refractivity contribution in [3.8, 4) is 16.9 Å². The van der Waals surface area contributed by atoms with Crippen LogP contribution in [0.25, 0.3) is 17.2 Å². The van der Waals surface area contributed by atoms with Crippen molar-refractivity contribution in [3.05, 3.63) is 93.9 Å². The zero-order chi connectivity index (χ0) is 27.3. The summed E-state index contributed by atoms with van der Waals surface area (Å²) >= 11 is 6.14. The predicted molar refractivity (Wildman–Crippen MR) is 139 cm³/mol. The summed E-state index contributed by atoms with van der Waals surface area (Å²) in [7, 11) is 0. The number of alkyl halides is 3. The monoisotopic (exact) mass is 545 g/mol. The van der Waals surface area contributed by atoms with Gasteiger partial charge in [-0.25, -0.2) is 14.4 Å². The largest absolute Gasteiger partial charge is 0.506 e. The van der Waals surface area contributed by atoms with Gasteiger partial charge in [0.1, 0.15) is 17.3 Å². The second-order valence-electron chi connectivity index (χ2n) is 8.76. The summed E-state index contributed by atoms with van der Waals surface area (Å²) in [6.45, 7) is 5.14. The number of aromatic nitrogens is 2. The molecule has 0 aliphatic carbocycles. The van der Waals surface area contributed by atoms with E-state index < -0.39 is 17.6 Å². The molecule has 5 nitrogen and oxygen atoms in total. The Morgan fingerprint density at radius 2 is 1.97 bits per heavy atom. The van der Waals surface area contributed by atoms with Crippen LogP contribution in [0.1, 0.15) is 41.9 Å². The average Bonchev–Trinajstić information content (AvgIpc) is 3.15. The smallest absolute Gasteiger partial charge is 0.416 e. The molecule has 198 valence electrons. The first-order valence-corrected chi connectivity index (χ1v) is 12.2. The molecule has 2 aromatic carbocycles. The fourth-order valence-corrected chi connectivity index (χ4v) is 4.15. The minimum Gasteiger partial charge on any atom is -0.506 e. The summed E-state index contributed by atoms with van der Waals surface area (Å²) in [6, 6.07) is 7.64. The fraction of sp³-hybridized carbons (Fsp3) is 0.250. The van der Waals surface area contributed by atoms with Crippen molar-refractivity contribution in [2.75, 3.05) is 13.2 Å². The van der Waals surface area contributed by atoms with Crippen LogP contribution in [-0.2, 0) is 17.3 Å². The standard InChI is InChI=1S/C28H24ClF4N3O2/c1-17(10-26-35-16-24(30)25(36-26)11-18-4-3-8-38-9-7-18)34-15-21-12-20(14-23(29)27(21)37)19-5-2-6-22(13-19)28(31,32)33/h2,5-6,11-16,37H,1,3-4,7-10H2/b18-11-,34-15?. The normalized spacial score (nSPS) is 15.7. The SMILES string of the molecule is C=C(Cc1ncc(F)c(/C=C2/CCCOCC2)n1)N=Cc1cc(-c2cccc(C(F)(F)F)c2)cc(Cl)c1O. The Morgan fingerprint density at radius 1 is 1.16 bits per heavy atom. The first kappa shape index (κ1) is 27.5. The molecule has 0 amide bonds. The fourth-order valence-electron chi connectivity index (χ4n) is 3.92.